The number of aromatic nitrogens is 2. The van der Waals surface area contributed by atoms with Gasteiger partial charge >= 0.3 is 0 Å². The van der Waals surface area contributed by atoms with Gasteiger partial charge in [0.25, 0.3) is 0 Å². The highest BCUT2D eigenvalue weighted by Gasteiger charge is 2.20. The van der Waals surface area contributed by atoms with E-state index in [1.807, 2.05) is 39.0 Å². The molecule has 1 aromatic carbocycles. The quantitative estimate of drug-likeness (QED) is 0.605. The molecular formula is C19H26ClN3O4. The van der Waals surface area contributed by atoms with E-state index in [9.17, 15) is 5.11 Å². The number of β-amino-alcohol motifs (C(OH)–C–C–N with tert-alkyl or cyclic N) is 1. The molecule has 8 heteroatoms. The third-order valence-electron chi connectivity index (χ3n) is 3.56. The second kappa shape index (κ2) is 10.3. The molecule has 1 heterocycles. The van der Waals surface area contributed by atoms with Crippen LogP contribution in [0.1, 0.15) is 20.8 Å². The Morgan fingerprint density at radius 1 is 1.11 bits per heavy atom. The standard InChI is InChI=1S/C19H26ClN3O4/c1-4-25-15-6-5-7-16(10-15)26-12-14(24)11-21-19(2,3)13-27-18-9-8-17(20)22-23-18/h5-10,14,21,24H,4,11-13H2,1-3H3. The Morgan fingerprint density at radius 3 is 2.52 bits per heavy atom. The number of hydrogen-bond donors (Lipinski definition) is 2. The van der Waals surface area contributed by atoms with Gasteiger partial charge in [-0.05, 0) is 39.0 Å². The van der Waals surface area contributed by atoms with Crippen LogP contribution < -0.4 is 19.5 Å². The topological polar surface area (TPSA) is 85.7 Å². The van der Waals surface area contributed by atoms with E-state index in [1.165, 1.54) is 0 Å². The lowest BCUT2D eigenvalue weighted by atomic mass is 10.1. The summed E-state index contributed by atoms with van der Waals surface area (Å²) < 4.78 is 16.7. The molecule has 2 rings (SSSR count). The van der Waals surface area contributed by atoms with Crippen LogP contribution in [0.5, 0.6) is 17.4 Å². The molecule has 0 saturated carbocycles. The number of rotatable bonds is 11. The maximum atomic E-state index is 10.2. The summed E-state index contributed by atoms with van der Waals surface area (Å²) in [6.45, 7) is 7.33. The Bertz CT molecular complexity index is 698. The SMILES string of the molecule is CCOc1cccc(OCC(O)CNC(C)(C)COc2ccc(Cl)nn2)c1. The highest BCUT2D eigenvalue weighted by Crippen LogP contribution is 2.19. The lowest BCUT2D eigenvalue weighted by Gasteiger charge is -2.27. The van der Waals surface area contributed by atoms with E-state index in [-0.39, 0.29) is 12.1 Å². The van der Waals surface area contributed by atoms with E-state index in [0.29, 0.717) is 36.5 Å². The van der Waals surface area contributed by atoms with E-state index in [1.54, 1.807) is 18.2 Å². The second-order valence-corrected chi connectivity index (χ2v) is 7.01. The van der Waals surface area contributed by atoms with E-state index in [0.717, 1.165) is 5.75 Å². The maximum absolute atomic E-state index is 10.2. The molecule has 0 bridgehead atoms. The molecule has 2 aromatic rings. The molecule has 0 aliphatic carbocycles. The predicted octanol–water partition coefficient (Wildman–Crippen LogP) is 2.72. The van der Waals surface area contributed by atoms with Crippen LogP contribution in [0.2, 0.25) is 5.15 Å². The van der Waals surface area contributed by atoms with Crippen molar-refractivity contribution >= 4 is 11.6 Å². The van der Waals surface area contributed by atoms with Gasteiger partial charge in [-0.1, -0.05) is 17.7 Å². The number of aliphatic hydroxyl groups is 1. The fourth-order valence-corrected chi connectivity index (χ4v) is 2.25. The third-order valence-corrected chi connectivity index (χ3v) is 3.77. The van der Waals surface area contributed by atoms with Gasteiger partial charge in [-0.25, -0.2) is 0 Å². The van der Waals surface area contributed by atoms with Gasteiger partial charge in [0, 0.05) is 24.2 Å². The zero-order valence-electron chi connectivity index (χ0n) is 15.8. The lowest BCUT2D eigenvalue weighted by Crippen LogP contribution is -2.48. The Morgan fingerprint density at radius 2 is 1.85 bits per heavy atom. The van der Waals surface area contributed by atoms with Crippen molar-refractivity contribution in [2.24, 2.45) is 0 Å². The summed E-state index contributed by atoms with van der Waals surface area (Å²) in [5, 5.41) is 21.3. The lowest BCUT2D eigenvalue weighted by molar-refractivity contribution is 0.0921. The molecule has 27 heavy (non-hydrogen) atoms. The Labute approximate surface area is 164 Å². The van der Waals surface area contributed by atoms with Gasteiger partial charge < -0.3 is 24.6 Å². The Balaban J connectivity index is 1.72. The van der Waals surface area contributed by atoms with Crippen molar-refractivity contribution in [3.05, 3.63) is 41.6 Å². The summed E-state index contributed by atoms with van der Waals surface area (Å²) in [7, 11) is 0. The first-order valence-corrected chi connectivity index (χ1v) is 9.16. The summed E-state index contributed by atoms with van der Waals surface area (Å²) in [6, 6.07) is 10.6. The summed E-state index contributed by atoms with van der Waals surface area (Å²) in [4.78, 5) is 0. The van der Waals surface area contributed by atoms with E-state index in [2.05, 4.69) is 15.5 Å². The number of benzene rings is 1. The predicted molar refractivity (Wildman–Crippen MR) is 104 cm³/mol. The van der Waals surface area contributed by atoms with Crippen molar-refractivity contribution in [2.75, 3.05) is 26.4 Å². The van der Waals surface area contributed by atoms with Crippen LogP contribution >= 0.6 is 11.6 Å². The van der Waals surface area contributed by atoms with Crippen molar-refractivity contribution < 1.29 is 19.3 Å². The zero-order valence-corrected chi connectivity index (χ0v) is 16.6. The van der Waals surface area contributed by atoms with Gasteiger partial charge in [-0.15, -0.1) is 10.2 Å². The van der Waals surface area contributed by atoms with E-state index < -0.39 is 6.10 Å². The minimum absolute atomic E-state index is 0.169. The van der Waals surface area contributed by atoms with Gasteiger partial charge in [0.1, 0.15) is 30.8 Å². The highest BCUT2D eigenvalue weighted by molar-refractivity contribution is 6.29. The van der Waals surface area contributed by atoms with Crippen LogP contribution in [0.4, 0.5) is 0 Å². The third kappa shape index (κ3) is 7.99. The van der Waals surface area contributed by atoms with Gasteiger partial charge in [-0.2, -0.15) is 0 Å². The first-order chi connectivity index (χ1) is 12.9. The molecule has 0 spiro atoms. The number of halogens is 1. The summed E-state index contributed by atoms with van der Waals surface area (Å²) >= 11 is 5.70. The molecule has 0 radical (unpaired) electrons. The monoisotopic (exact) mass is 395 g/mol. The number of nitrogens with zero attached hydrogens (tertiary/aromatic N) is 2. The average molecular weight is 396 g/mol. The minimum atomic E-state index is -0.671. The van der Waals surface area contributed by atoms with Crippen LogP contribution in [-0.4, -0.2) is 53.3 Å². The fraction of sp³-hybridized carbons (Fsp3) is 0.474. The molecule has 0 saturated heterocycles. The largest absolute Gasteiger partial charge is 0.494 e. The first kappa shape index (κ1) is 21.2. The second-order valence-electron chi connectivity index (χ2n) is 6.62. The van der Waals surface area contributed by atoms with Crippen molar-refractivity contribution in [2.45, 2.75) is 32.4 Å². The molecule has 1 aromatic heterocycles. The number of nitrogens with one attached hydrogen (secondary N) is 1. The smallest absolute Gasteiger partial charge is 0.233 e. The highest BCUT2D eigenvalue weighted by atomic mass is 35.5. The number of ether oxygens (including phenoxy) is 3. The van der Waals surface area contributed by atoms with Crippen molar-refractivity contribution in [1.29, 1.82) is 0 Å². The molecule has 7 nitrogen and oxygen atoms in total. The molecular weight excluding hydrogens is 370 g/mol. The zero-order chi connectivity index (χ0) is 19.7. The molecule has 0 aliphatic heterocycles. The van der Waals surface area contributed by atoms with Crippen molar-refractivity contribution in [3.8, 4) is 17.4 Å². The van der Waals surface area contributed by atoms with Gasteiger partial charge in [-0.3, -0.25) is 0 Å². The maximum Gasteiger partial charge on any atom is 0.233 e. The molecule has 0 amide bonds. The van der Waals surface area contributed by atoms with Gasteiger partial charge in [0.05, 0.1) is 6.61 Å². The molecule has 0 fully saturated rings. The van der Waals surface area contributed by atoms with Crippen LogP contribution in [0.25, 0.3) is 0 Å². The van der Waals surface area contributed by atoms with Crippen molar-refractivity contribution in [1.82, 2.24) is 15.5 Å². The molecule has 1 unspecified atom stereocenters. The fourth-order valence-electron chi connectivity index (χ4n) is 2.15. The van der Waals surface area contributed by atoms with E-state index in [4.69, 9.17) is 25.8 Å². The summed E-state index contributed by atoms with van der Waals surface area (Å²) in [5.41, 5.74) is -0.378. The summed E-state index contributed by atoms with van der Waals surface area (Å²) in [5.74, 6) is 1.79. The van der Waals surface area contributed by atoms with Gasteiger partial charge in [0.15, 0.2) is 5.15 Å². The minimum Gasteiger partial charge on any atom is -0.494 e. The van der Waals surface area contributed by atoms with Gasteiger partial charge in [0.2, 0.25) is 5.88 Å². The Kier molecular flexibility index (Phi) is 8.09. The summed E-state index contributed by atoms with van der Waals surface area (Å²) in [6.07, 6.45) is -0.671. The number of hydrogen-bond acceptors (Lipinski definition) is 7. The Hall–Kier alpha value is -2.09. The van der Waals surface area contributed by atoms with Crippen LogP contribution in [-0.2, 0) is 0 Å². The van der Waals surface area contributed by atoms with Crippen molar-refractivity contribution in [3.63, 3.8) is 0 Å². The van der Waals surface area contributed by atoms with Crippen LogP contribution in [0.15, 0.2) is 36.4 Å². The molecule has 148 valence electrons. The van der Waals surface area contributed by atoms with E-state index >= 15 is 0 Å². The first-order valence-electron chi connectivity index (χ1n) is 8.79. The normalized spacial score (nSPS) is 12.5. The molecule has 0 aliphatic rings. The average Bonchev–Trinajstić information content (AvgIpc) is 2.65. The van der Waals surface area contributed by atoms with Crippen LogP contribution in [0, 0.1) is 0 Å². The number of aliphatic hydroxyl groups excluding tert-OH is 1. The molecule has 2 N–H and O–H groups in total. The van der Waals surface area contributed by atoms with Crippen LogP contribution in [0.3, 0.4) is 0 Å². The molecule has 1 atom stereocenters.